The van der Waals surface area contributed by atoms with Crippen molar-refractivity contribution in [2.24, 2.45) is 5.92 Å². The molecule has 0 bridgehead atoms. The highest BCUT2D eigenvalue weighted by molar-refractivity contribution is 7.15. The van der Waals surface area contributed by atoms with Crippen molar-refractivity contribution in [2.45, 2.75) is 33.2 Å². The van der Waals surface area contributed by atoms with Crippen LogP contribution in [0.15, 0.2) is 84.0 Å². The van der Waals surface area contributed by atoms with Crippen molar-refractivity contribution >= 4 is 28.5 Å². The number of nitrogens with one attached hydrogen (secondary N) is 1. The van der Waals surface area contributed by atoms with Gasteiger partial charge in [-0.25, -0.2) is 4.98 Å². The first-order valence-electron chi connectivity index (χ1n) is 14.6. The standard InChI is InChI=1S/C35H38N4O4S/c1-5-23(14-15-40)19-39-20-29(33-13-6-22(2)44-33)34(41)30(21-39)38-27-10-7-24(8-11-27)28-16-26(18-37-35(28)36)25-9-12-31(42-3)32(17-25)43-4/h6-13,16-18,20-21,23,38,40H,5,14-15,19H2,1-4H3,(H2,36,37). The van der Waals surface area contributed by atoms with Gasteiger partial charge in [-0.3, -0.25) is 4.79 Å². The second-order valence-electron chi connectivity index (χ2n) is 10.7. The van der Waals surface area contributed by atoms with Crippen molar-refractivity contribution in [1.29, 1.82) is 0 Å². The van der Waals surface area contributed by atoms with Crippen molar-refractivity contribution in [3.8, 4) is 44.2 Å². The van der Waals surface area contributed by atoms with E-state index < -0.39 is 0 Å². The molecule has 0 amide bonds. The molecule has 0 spiro atoms. The molecule has 44 heavy (non-hydrogen) atoms. The summed E-state index contributed by atoms with van der Waals surface area (Å²) in [6.45, 7) is 5.02. The van der Waals surface area contributed by atoms with Gasteiger partial charge in [-0.05, 0) is 72.9 Å². The normalized spacial score (nSPS) is 11.8. The minimum absolute atomic E-state index is 0.0570. The van der Waals surface area contributed by atoms with Crippen LogP contribution in [0, 0.1) is 12.8 Å². The van der Waals surface area contributed by atoms with E-state index in [4.69, 9.17) is 15.2 Å². The van der Waals surface area contributed by atoms with E-state index in [0.29, 0.717) is 47.5 Å². The number of methoxy groups -OCH3 is 2. The number of rotatable bonds is 12. The molecule has 1 unspecified atom stereocenters. The smallest absolute Gasteiger partial charge is 0.213 e. The van der Waals surface area contributed by atoms with Gasteiger partial charge < -0.3 is 30.2 Å². The molecule has 0 aliphatic rings. The molecule has 3 aromatic heterocycles. The van der Waals surface area contributed by atoms with Gasteiger partial charge in [0, 0.05) is 58.3 Å². The van der Waals surface area contributed by atoms with E-state index >= 15 is 0 Å². The average molecular weight is 611 g/mol. The summed E-state index contributed by atoms with van der Waals surface area (Å²) >= 11 is 1.61. The molecule has 0 saturated carbocycles. The van der Waals surface area contributed by atoms with Crippen LogP contribution in [-0.4, -0.2) is 35.5 Å². The van der Waals surface area contributed by atoms with Gasteiger partial charge in [0.05, 0.1) is 19.8 Å². The molecule has 0 fully saturated rings. The summed E-state index contributed by atoms with van der Waals surface area (Å²) in [4.78, 5) is 20.2. The molecule has 0 saturated heterocycles. The minimum atomic E-state index is -0.0570. The van der Waals surface area contributed by atoms with E-state index in [0.717, 1.165) is 44.1 Å². The number of aliphatic hydroxyl groups excluding tert-OH is 1. The lowest BCUT2D eigenvalue weighted by atomic mass is 10.0. The first-order valence-corrected chi connectivity index (χ1v) is 15.4. The number of thiophene rings is 1. The van der Waals surface area contributed by atoms with Crippen LogP contribution < -0.4 is 26.0 Å². The van der Waals surface area contributed by atoms with Crippen LogP contribution in [0.25, 0.3) is 32.7 Å². The van der Waals surface area contributed by atoms with Crippen molar-refractivity contribution in [3.05, 3.63) is 94.4 Å². The zero-order valence-electron chi connectivity index (χ0n) is 25.5. The maximum absolute atomic E-state index is 13.7. The van der Waals surface area contributed by atoms with Crippen LogP contribution >= 0.6 is 11.3 Å². The predicted octanol–water partition coefficient (Wildman–Crippen LogP) is 7.37. The van der Waals surface area contributed by atoms with Crippen LogP contribution in [0.5, 0.6) is 11.5 Å². The molecule has 4 N–H and O–H groups in total. The molecule has 0 aliphatic heterocycles. The highest BCUT2D eigenvalue weighted by Gasteiger charge is 2.15. The number of nitrogens with zero attached hydrogens (tertiary/aromatic N) is 2. The summed E-state index contributed by atoms with van der Waals surface area (Å²) in [6.07, 6.45) is 7.20. The zero-order chi connectivity index (χ0) is 31.2. The number of hydrogen-bond acceptors (Lipinski definition) is 8. The van der Waals surface area contributed by atoms with Crippen molar-refractivity contribution in [2.75, 3.05) is 31.9 Å². The monoisotopic (exact) mass is 610 g/mol. The molecule has 9 heteroatoms. The maximum Gasteiger partial charge on any atom is 0.213 e. The van der Waals surface area contributed by atoms with Crippen LogP contribution in [0.3, 0.4) is 0 Å². The molecular formula is C35H38N4O4S. The third-order valence-electron chi connectivity index (χ3n) is 7.78. The Morgan fingerprint density at radius 2 is 1.70 bits per heavy atom. The first kappa shape index (κ1) is 30.8. The SMILES string of the molecule is CCC(CCO)Cn1cc(Nc2ccc(-c3cc(-c4ccc(OC)c(OC)c4)cnc3N)cc2)c(=O)c(-c2ccc(C)s2)c1. The number of pyridine rings is 2. The maximum atomic E-state index is 13.7. The van der Waals surface area contributed by atoms with E-state index in [1.54, 1.807) is 31.8 Å². The van der Waals surface area contributed by atoms with E-state index in [2.05, 4.69) is 21.8 Å². The quantitative estimate of drug-likeness (QED) is 0.135. The van der Waals surface area contributed by atoms with Crippen LogP contribution in [-0.2, 0) is 6.54 Å². The fourth-order valence-electron chi connectivity index (χ4n) is 5.25. The van der Waals surface area contributed by atoms with Gasteiger partial charge in [-0.1, -0.05) is 31.5 Å². The van der Waals surface area contributed by atoms with Crippen molar-refractivity contribution < 1.29 is 14.6 Å². The van der Waals surface area contributed by atoms with Crippen LogP contribution in [0.2, 0.25) is 0 Å². The molecule has 0 radical (unpaired) electrons. The van der Waals surface area contributed by atoms with E-state index in [9.17, 15) is 9.90 Å². The lowest BCUT2D eigenvalue weighted by Crippen LogP contribution is -2.18. The zero-order valence-corrected chi connectivity index (χ0v) is 26.3. The summed E-state index contributed by atoms with van der Waals surface area (Å²) in [5, 5.41) is 12.9. The topological polar surface area (TPSA) is 112 Å². The molecule has 2 aromatic carbocycles. The number of hydrogen-bond donors (Lipinski definition) is 3. The molecule has 5 aromatic rings. The first-order chi connectivity index (χ1) is 21.3. The van der Waals surface area contributed by atoms with E-state index in [1.807, 2.05) is 80.0 Å². The molecule has 228 valence electrons. The Morgan fingerprint density at radius 3 is 2.36 bits per heavy atom. The summed E-state index contributed by atoms with van der Waals surface area (Å²) in [5.74, 6) is 2.02. The second-order valence-corrected chi connectivity index (χ2v) is 12.0. The van der Waals surface area contributed by atoms with Crippen LogP contribution in [0.4, 0.5) is 17.2 Å². The summed E-state index contributed by atoms with van der Waals surface area (Å²) < 4.78 is 12.9. The second kappa shape index (κ2) is 13.8. The Kier molecular flexibility index (Phi) is 9.67. The Morgan fingerprint density at radius 1 is 0.955 bits per heavy atom. The summed E-state index contributed by atoms with van der Waals surface area (Å²) in [7, 11) is 3.22. The van der Waals surface area contributed by atoms with Gasteiger partial charge in [0.1, 0.15) is 11.5 Å². The van der Waals surface area contributed by atoms with E-state index in [-0.39, 0.29) is 12.0 Å². The summed E-state index contributed by atoms with van der Waals surface area (Å²) in [6, 6.07) is 19.6. The van der Waals surface area contributed by atoms with Gasteiger partial charge >= 0.3 is 0 Å². The van der Waals surface area contributed by atoms with E-state index in [1.165, 1.54) is 0 Å². The lowest BCUT2D eigenvalue weighted by Gasteiger charge is -2.18. The number of anilines is 3. The Balaban J connectivity index is 1.45. The van der Waals surface area contributed by atoms with Gasteiger partial charge in [0.25, 0.3) is 0 Å². The Labute approximate surface area is 261 Å². The molecular weight excluding hydrogens is 572 g/mol. The van der Waals surface area contributed by atoms with Crippen LogP contribution in [0.1, 0.15) is 24.6 Å². The Bertz CT molecular complexity index is 1800. The number of nitrogen functional groups attached to an aromatic ring is 1. The number of ether oxygens (including phenoxy) is 2. The lowest BCUT2D eigenvalue weighted by molar-refractivity contribution is 0.243. The highest BCUT2D eigenvalue weighted by Crippen LogP contribution is 2.35. The third kappa shape index (κ3) is 6.79. The molecule has 8 nitrogen and oxygen atoms in total. The van der Waals surface area contributed by atoms with Gasteiger partial charge in [0.2, 0.25) is 5.43 Å². The number of aryl methyl sites for hydroxylation is 1. The fraction of sp³-hybridized carbons (Fsp3) is 0.257. The highest BCUT2D eigenvalue weighted by atomic mass is 32.1. The third-order valence-corrected chi connectivity index (χ3v) is 8.81. The fourth-order valence-corrected chi connectivity index (χ4v) is 6.13. The molecule has 1 atom stereocenters. The molecule has 5 rings (SSSR count). The molecule has 3 heterocycles. The largest absolute Gasteiger partial charge is 0.493 e. The summed E-state index contributed by atoms with van der Waals surface area (Å²) in [5.41, 5.74) is 11.7. The average Bonchev–Trinajstić information content (AvgIpc) is 3.48. The minimum Gasteiger partial charge on any atom is -0.493 e. The number of nitrogens with two attached hydrogens (primary N) is 1. The van der Waals surface area contributed by atoms with Gasteiger partial charge in [-0.15, -0.1) is 11.3 Å². The Hall–Kier alpha value is -4.60. The van der Waals surface area contributed by atoms with Gasteiger partial charge in [0.15, 0.2) is 11.5 Å². The number of benzene rings is 2. The molecule has 0 aliphatic carbocycles. The predicted molar refractivity (Wildman–Crippen MR) is 180 cm³/mol. The number of aliphatic hydroxyl groups is 1. The number of aromatic nitrogens is 2. The van der Waals surface area contributed by atoms with Crippen molar-refractivity contribution in [1.82, 2.24) is 9.55 Å². The van der Waals surface area contributed by atoms with Gasteiger partial charge in [-0.2, -0.15) is 0 Å². The van der Waals surface area contributed by atoms with Crippen molar-refractivity contribution in [3.63, 3.8) is 0 Å².